The van der Waals surface area contributed by atoms with E-state index >= 15 is 0 Å². The molecule has 2 aliphatic carbocycles. The zero-order valence-corrected chi connectivity index (χ0v) is 8.59. The van der Waals surface area contributed by atoms with Crippen molar-refractivity contribution in [1.82, 2.24) is 0 Å². The van der Waals surface area contributed by atoms with E-state index in [2.05, 4.69) is 6.92 Å². The Morgan fingerprint density at radius 2 is 2.00 bits per heavy atom. The number of hydrogen-bond donors (Lipinski definition) is 0. The Bertz CT molecular complexity index is 199. The minimum atomic E-state index is 0.340. The van der Waals surface area contributed by atoms with Crippen LogP contribution in [0.4, 0.5) is 0 Å². The topological polar surface area (TPSA) is 9.23 Å². The van der Waals surface area contributed by atoms with Crippen LogP contribution in [0.25, 0.3) is 0 Å². The van der Waals surface area contributed by atoms with Crippen LogP contribution in [0.3, 0.4) is 0 Å². The summed E-state index contributed by atoms with van der Waals surface area (Å²) in [6.45, 7) is 3.46. The van der Waals surface area contributed by atoms with Gasteiger partial charge in [-0.05, 0) is 56.3 Å². The highest BCUT2D eigenvalue weighted by Crippen LogP contribution is 2.51. The van der Waals surface area contributed by atoms with Gasteiger partial charge in [0.1, 0.15) is 0 Å². The second-order valence-electron chi connectivity index (χ2n) is 5.64. The van der Waals surface area contributed by atoms with E-state index in [1.807, 2.05) is 0 Å². The fourth-order valence-electron chi connectivity index (χ4n) is 3.38. The van der Waals surface area contributed by atoms with Gasteiger partial charge in [0.2, 0.25) is 0 Å². The summed E-state index contributed by atoms with van der Waals surface area (Å²) in [6, 6.07) is 0. The van der Waals surface area contributed by atoms with Crippen LogP contribution in [0.15, 0.2) is 0 Å². The first kappa shape index (κ1) is 8.28. The average molecular weight is 180 g/mol. The first-order valence-corrected chi connectivity index (χ1v) is 5.91. The van der Waals surface area contributed by atoms with Gasteiger partial charge in [0.25, 0.3) is 0 Å². The first-order valence-electron chi connectivity index (χ1n) is 5.91. The van der Waals surface area contributed by atoms with Crippen LogP contribution in [0.1, 0.15) is 45.4 Å². The summed E-state index contributed by atoms with van der Waals surface area (Å²) in [5.74, 6) is 2.92. The number of rotatable bonds is 0. The van der Waals surface area contributed by atoms with Gasteiger partial charge in [-0.3, -0.25) is 0 Å². The molecule has 3 fully saturated rings. The molecule has 1 nitrogen and oxygen atoms in total. The molecule has 0 unspecified atom stereocenters. The van der Waals surface area contributed by atoms with Crippen LogP contribution in [-0.2, 0) is 4.74 Å². The summed E-state index contributed by atoms with van der Waals surface area (Å²) in [7, 11) is 0. The summed E-state index contributed by atoms with van der Waals surface area (Å²) >= 11 is 0. The SMILES string of the molecule is C[C@@H]1CC[C@]2(CC[C@@H]3C[C@H]3CO2)C1. The zero-order valence-electron chi connectivity index (χ0n) is 8.59. The lowest BCUT2D eigenvalue weighted by Gasteiger charge is -2.28. The Balaban J connectivity index is 1.70. The van der Waals surface area contributed by atoms with E-state index in [-0.39, 0.29) is 0 Å². The van der Waals surface area contributed by atoms with Gasteiger partial charge in [-0.2, -0.15) is 0 Å². The third-order valence-corrected chi connectivity index (χ3v) is 4.46. The summed E-state index contributed by atoms with van der Waals surface area (Å²) < 4.78 is 6.18. The molecule has 1 aliphatic heterocycles. The first-order chi connectivity index (χ1) is 6.27. The third-order valence-electron chi connectivity index (χ3n) is 4.46. The normalized spacial score (nSPS) is 54.7. The Morgan fingerprint density at radius 1 is 1.15 bits per heavy atom. The van der Waals surface area contributed by atoms with Crippen molar-refractivity contribution in [2.75, 3.05) is 6.61 Å². The summed E-state index contributed by atoms with van der Waals surface area (Å²) in [4.78, 5) is 0. The monoisotopic (exact) mass is 180 g/mol. The molecule has 2 saturated carbocycles. The van der Waals surface area contributed by atoms with Crippen LogP contribution >= 0.6 is 0 Å². The van der Waals surface area contributed by atoms with Gasteiger partial charge in [0, 0.05) is 0 Å². The molecule has 13 heavy (non-hydrogen) atoms. The van der Waals surface area contributed by atoms with Crippen LogP contribution < -0.4 is 0 Å². The van der Waals surface area contributed by atoms with E-state index in [9.17, 15) is 0 Å². The predicted molar refractivity (Wildman–Crippen MR) is 52.5 cm³/mol. The highest BCUT2D eigenvalue weighted by atomic mass is 16.5. The van der Waals surface area contributed by atoms with Crippen molar-refractivity contribution in [2.45, 2.75) is 51.0 Å². The van der Waals surface area contributed by atoms with E-state index in [0.29, 0.717) is 5.60 Å². The average Bonchev–Trinajstić information content (AvgIpc) is 2.78. The molecule has 0 aromatic rings. The highest BCUT2D eigenvalue weighted by molar-refractivity contribution is 4.97. The van der Waals surface area contributed by atoms with Gasteiger partial charge in [-0.15, -0.1) is 0 Å². The lowest BCUT2D eigenvalue weighted by atomic mass is 9.93. The standard InChI is InChI=1S/C12H20O/c1-9-2-4-12(7-9)5-3-10-6-11(10)8-13-12/h9-11H,2-8H2,1H3/t9-,10-,11+,12+/m1/s1. The van der Waals surface area contributed by atoms with Crippen molar-refractivity contribution in [3.63, 3.8) is 0 Å². The van der Waals surface area contributed by atoms with Gasteiger partial charge in [0.15, 0.2) is 0 Å². The van der Waals surface area contributed by atoms with Crippen molar-refractivity contribution >= 4 is 0 Å². The molecule has 1 spiro atoms. The maximum atomic E-state index is 6.18. The van der Waals surface area contributed by atoms with Crippen molar-refractivity contribution in [3.05, 3.63) is 0 Å². The van der Waals surface area contributed by atoms with E-state index in [1.54, 1.807) is 0 Å². The Kier molecular flexibility index (Phi) is 1.74. The Labute approximate surface area is 80.8 Å². The molecule has 3 aliphatic rings. The molecule has 0 bridgehead atoms. The van der Waals surface area contributed by atoms with Crippen LogP contribution in [-0.4, -0.2) is 12.2 Å². The maximum absolute atomic E-state index is 6.18. The van der Waals surface area contributed by atoms with Gasteiger partial charge in [-0.1, -0.05) is 6.92 Å². The summed E-state index contributed by atoms with van der Waals surface area (Å²) in [5.41, 5.74) is 0.340. The quantitative estimate of drug-likeness (QED) is 0.557. The Morgan fingerprint density at radius 3 is 2.77 bits per heavy atom. The fraction of sp³-hybridized carbons (Fsp3) is 1.00. The molecule has 0 aromatic heterocycles. The number of fused-ring (bicyclic) bond motifs is 1. The zero-order chi connectivity index (χ0) is 8.89. The minimum absolute atomic E-state index is 0.340. The third kappa shape index (κ3) is 1.41. The molecule has 0 N–H and O–H groups in total. The second kappa shape index (κ2) is 2.73. The van der Waals surface area contributed by atoms with Gasteiger partial charge in [-0.25, -0.2) is 0 Å². The minimum Gasteiger partial charge on any atom is -0.375 e. The fourth-order valence-corrected chi connectivity index (χ4v) is 3.38. The molecular weight excluding hydrogens is 160 g/mol. The largest absolute Gasteiger partial charge is 0.375 e. The van der Waals surface area contributed by atoms with Crippen molar-refractivity contribution in [2.24, 2.45) is 17.8 Å². The molecular formula is C12H20O. The van der Waals surface area contributed by atoms with Gasteiger partial charge < -0.3 is 4.74 Å². The van der Waals surface area contributed by atoms with E-state index < -0.39 is 0 Å². The molecule has 0 radical (unpaired) electrons. The summed E-state index contributed by atoms with van der Waals surface area (Å²) in [5, 5.41) is 0. The van der Waals surface area contributed by atoms with Crippen molar-refractivity contribution in [1.29, 1.82) is 0 Å². The summed E-state index contributed by atoms with van der Waals surface area (Å²) in [6.07, 6.45) is 8.36. The van der Waals surface area contributed by atoms with Gasteiger partial charge in [0.05, 0.1) is 12.2 Å². The molecule has 1 heterocycles. The maximum Gasteiger partial charge on any atom is 0.0685 e. The second-order valence-corrected chi connectivity index (χ2v) is 5.64. The smallest absolute Gasteiger partial charge is 0.0685 e. The molecule has 74 valence electrons. The molecule has 0 aromatic carbocycles. The van der Waals surface area contributed by atoms with Crippen LogP contribution in [0.5, 0.6) is 0 Å². The molecule has 3 rings (SSSR count). The van der Waals surface area contributed by atoms with Crippen molar-refractivity contribution < 1.29 is 4.74 Å². The Hall–Kier alpha value is -0.0400. The number of hydrogen-bond acceptors (Lipinski definition) is 1. The van der Waals surface area contributed by atoms with Crippen LogP contribution in [0, 0.1) is 17.8 Å². The predicted octanol–water partition coefficient (Wildman–Crippen LogP) is 2.99. The molecule has 0 amide bonds. The lowest BCUT2D eigenvalue weighted by molar-refractivity contribution is -0.0466. The van der Waals surface area contributed by atoms with E-state index in [4.69, 9.17) is 4.74 Å². The van der Waals surface area contributed by atoms with Crippen LogP contribution in [0.2, 0.25) is 0 Å². The van der Waals surface area contributed by atoms with Crippen molar-refractivity contribution in [3.8, 4) is 0 Å². The van der Waals surface area contributed by atoms with E-state index in [0.717, 1.165) is 24.4 Å². The van der Waals surface area contributed by atoms with Gasteiger partial charge >= 0.3 is 0 Å². The molecule has 4 atom stereocenters. The number of ether oxygens (including phenoxy) is 1. The highest BCUT2D eigenvalue weighted by Gasteiger charge is 2.47. The lowest BCUT2D eigenvalue weighted by Crippen LogP contribution is -2.29. The molecule has 1 heteroatoms. The van der Waals surface area contributed by atoms with E-state index in [1.165, 1.54) is 38.5 Å². The molecule has 1 saturated heterocycles.